The van der Waals surface area contributed by atoms with Crippen LogP contribution < -0.4 is 14.9 Å². The maximum Gasteiger partial charge on any atom is 0.244 e. The number of methoxy groups -OCH3 is 1. The second-order valence-electron chi connectivity index (χ2n) is 6.62. The molecule has 0 aromatic heterocycles. The lowest BCUT2D eigenvalue weighted by molar-refractivity contribution is -0.120. The SMILES string of the molecule is CCCCCOc1ccc(/C=N\NC(=O)Cc2cc(Cl)ccc2SCC)cc1OC. The molecule has 30 heavy (non-hydrogen) atoms. The van der Waals surface area contributed by atoms with E-state index >= 15 is 0 Å². The molecule has 162 valence electrons. The van der Waals surface area contributed by atoms with Gasteiger partial charge < -0.3 is 9.47 Å². The molecule has 0 heterocycles. The molecule has 0 unspecified atom stereocenters. The zero-order valence-electron chi connectivity index (χ0n) is 17.7. The van der Waals surface area contributed by atoms with Crippen LogP contribution in [0.4, 0.5) is 0 Å². The first kappa shape index (κ1) is 24.1. The number of rotatable bonds is 12. The average molecular weight is 449 g/mol. The molecule has 0 saturated heterocycles. The van der Waals surface area contributed by atoms with Crippen LogP contribution in [0, 0.1) is 0 Å². The van der Waals surface area contributed by atoms with Crippen molar-refractivity contribution >= 4 is 35.5 Å². The molecule has 1 amide bonds. The standard InChI is InChI=1S/C23H29ClN2O3S/c1-4-6-7-12-29-20-10-8-17(13-21(20)28-3)16-25-26-23(27)15-18-14-19(24)9-11-22(18)30-5-2/h8-11,13-14,16H,4-7,12,15H2,1-3H3,(H,26,27)/b25-16-. The fourth-order valence-electron chi connectivity index (χ4n) is 2.79. The quantitative estimate of drug-likeness (QED) is 0.195. The van der Waals surface area contributed by atoms with Crippen molar-refractivity contribution in [2.24, 2.45) is 5.10 Å². The summed E-state index contributed by atoms with van der Waals surface area (Å²) in [5.41, 5.74) is 4.28. The third-order valence-corrected chi connectivity index (χ3v) is 5.50. The summed E-state index contributed by atoms with van der Waals surface area (Å²) in [6.07, 6.45) is 5.10. The summed E-state index contributed by atoms with van der Waals surface area (Å²) in [5, 5.41) is 4.68. The van der Waals surface area contributed by atoms with Gasteiger partial charge in [0.2, 0.25) is 5.91 Å². The lowest BCUT2D eigenvalue weighted by Gasteiger charge is -2.11. The van der Waals surface area contributed by atoms with Gasteiger partial charge in [-0.15, -0.1) is 11.8 Å². The zero-order valence-corrected chi connectivity index (χ0v) is 19.3. The van der Waals surface area contributed by atoms with E-state index in [9.17, 15) is 4.79 Å². The number of carbonyl (C=O) groups excluding carboxylic acids is 1. The van der Waals surface area contributed by atoms with Gasteiger partial charge in [0.1, 0.15) is 0 Å². The lowest BCUT2D eigenvalue weighted by atomic mass is 10.1. The van der Waals surface area contributed by atoms with Gasteiger partial charge in [-0.1, -0.05) is 38.3 Å². The highest BCUT2D eigenvalue weighted by atomic mass is 35.5. The van der Waals surface area contributed by atoms with E-state index in [-0.39, 0.29) is 12.3 Å². The molecule has 0 atom stereocenters. The molecule has 2 aromatic carbocycles. The normalized spacial score (nSPS) is 10.9. The van der Waals surface area contributed by atoms with Gasteiger partial charge in [0.05, 0.1) is 26.4 Å². The number of halogens is 1. The topological polar surface area (TPSA) is 59.9 Å². The number of nitrogens with zero attached hydrogens (tertiary/aromatic N) is 1. The van der Waals surface area contributed by atoms with Gasteiger partial charge in [-0.05, 0) is 59.7 Å². The largest absolute Gasteiger partial charge is 0.493 e. The Hall–Kier alpha value is -2.18. The molecule has 0 aliphatic heterocycles. The van der Waals surface area contributed by atoms with Crippen molar-refractivity contribution in [3.63, 3.8) is 0 Å². The van der Waals surface area contributed by atoms with Gasteiger partial charge in [-0.25, -0.2) is 5.43 Å². The number of benzene rings is 2. The Morgan fingerprint density at radius 2 is 2.00 bits per heavy atom. The van der Waals surface area contributed by atoms with Crippen LogP contribution in [0.15, 0.2) is 46.4 Å². The molecule has 2 aromatic rings. The van der Waals surface area contributed by atoms with Crippen molar-refractivity contribution in [1.29, 1.82) is 0 Å². The Kier molecular flexibility index (Phi) is 10.6. The number of ether oxygens (including phenoxy) is 2. The number of hydrogen-bond donors (Lipinski definition) is 1. The summed E-state index contributed by atoms with van der Waals surface area (Å²) in [6, 6.07) is 11.2. The smallest absolute Gasteiger partial charge is 0.244 e. The van der Waals surface area contributed by atoms with Crippen LogP contribution in [-0.4, -0.2) is 31.6 Å². The maximum atomic E-state index is 12.3. The number of hydrazone groups is 1. The zero-order chi connectivity index (χ0) is 21.8. The number of carbonyl (C=O) groups is 1. The van der Waals surface area contributed by atoms with Gasteiger partial charge in [0, 0.05) is 9.92 Å². The molecular formula is C23H29ClN2O3S. The highest BCUT2D eigenvalue weighted by Gasteiger charge is 2.09. The Labute approximate surface area is 188 Å². The van der Waals surface area contributed by atoms with Crippen LogP contribution in [0.5, 0.6) is 11.5 Å². The number of thioether (sulfide) groups is 1. The molecule has 0 saturated carbocycles. The summed E-state index contributed by atoms with van der Waals surface area (Å²) in [4.78, 5) is 13.4. The van der Waals surface area contributed by atoms with Crippen LogP contribution in [0.3, 0.4) is 0 Å². The highest BCUT2D eigenvalue weighted by Crippen LogP contribution is 2.28. The predicted octanol–water partition coefficient (Wildman–Crippen LogP) is 5.72. The van der Waals surface area contributed by atoms with E-state index in [0.29, 0.717) is 23.1 Å². The van der Waals surface area contributed by atoms with Crippen molar-refractivity contribution < 1.29 is 14.3 Å². The first-order chi connectivity index (χ1) is 14.6. The molecule has 0 radical (unpaired) electrons. The van der Waals surface area contributed by atoms with Crippen LogP contribution in [0.2, 0.25) is 5.02 Å². The molecule has 7 heteroatoms. The number of unbranched alkanes of at least 4 members (excludes halogenated alkanes) is 2. The molecule has 2 rings (SSSR count). The van der Waals surface area contributed by atoms with Crippen LogP contribution >= 0.6 is 23.4 Å². The van der Waals surface area contributed by atoms with Gasteiger partial charge >= 0.3 is 0 Å². The molecule has 5 nitrogen and oxygen atoms in total. The van der Waals surface area contributed by atoms with E-state index in [2.05, 4.69) is 24.4 Å². The first-order valence-corrected chi connectivity index (χ1v) is 11.5. The third-order valence-electron chi connectivity index (χ3n) is 4.27. The van der Waals surface area contributed by atoms with Crippen molar-refractivity contribution in [2.45, 2.75) is 44.4 Å². The van der Waals surface area contributed by atoms with Crippen LogP contribution in [0.1, 0.15) is 44.2 Å². The van der Waals surface area contributed by atoms with Gasteiger partial charge in [-0.3, -0.25) is 4.79 Å². The van der Waals surface area contributed by atoms with Gasteiger partial charge in [0.25, 0.3) is 0 Å². The Morgan fingerprint density at radius 3 is 2.73 bits per heavy atom. The van der Waals surface area contributed by atoms with Crippen molar-refractivity contribution in [1.82, 2.24) is 5.43 Å². The number of hydrogen-bond acceptors (Lipinski definition) is 5. The maximum absolute atomic E-state index is 12.3. The van der Waals surface area contributed by atoms with E-state index in [1.54, 1.807) is 25.1 Å². The molecule has 0 spiro atoms. The van der Waals surface area contributed by atoms with Gasteiger partial charge in [-0.2, -0.15) is 5.10 Å². The molecule has 0 fully saturated rings. The van der Waals surface area contributed by atoms with Crippen molar-refractivity contribution in [3.8, 4) is 11.5 Å². The third kappa shape index (κ3) is 7.92. The van der Waals surface area contributed by atoms with E-state index < -0.39 is 0 Å². The van der Waals surface area contributed by atoms with E-state index in [0.717, 1.165) is 41.0 Å². The molecule has 0 aliphatic rings. The molecule has 1 N–H and O–H groups in total. The molecule has 0 bridgehead atoms. The lowest BCUT2D eigenvalue weighted by Crippen LogP contribution is -2.20. The minimum absolute atomic E-state index is 0.200. The highest BCUT2D eigenvalue weighted by molar-refractivity contribution is 7.99. The summed E-state index contributed by atoms with van der Waals surface area (Å²) >= 11 is 7.76. The monoisotopic (exact) mass is 448 g/mol. The minimum atomic E-state index is -0.200. The second kappa shape index (κ2) is 13.2. The summed E-state index contributed by atoms with van der Waals surface area (Å²) in [7, 11) is 1.60. The first-order valence-electron chi connectivity index (χ1n) is 10.1. The van der Waals surface area contributed by atoms with Crippen molar-refractivity contribution in [3.05, 3.63) is 52.5 Å². The Balaban J connectivity index is 1.94. The predicted molar refractivity (Wildman–Crippen MR) is 125 cm³/mol. The van der Waals surface area contributed by atoms with Crippen LogP contribution in [-0.2, 0) is 11.2 Å². The van der Waals surface area contributed by atoms with Gasteiger partial charge in [0.15, 0.2) is 11.5 Å². The molecule has 0 aliphatic carbocycles. The van der Waals surface area contributed by atoms with E-state index in [1.807, 2.05) is 36.4 Å². The molecular weight excluding hydrogens is 420 g/mol. The van der Waals surface area contributed by atoms with Crippen molar-refractivity contribution in [2.75, 3.05) is 19.5 Å². The van der Waals surface area contributed by atoms with E-state index in [1.165, 1.54) is 0 Å². The fourth-order valence-corrected chi connectivity index (χ4v) is 3.78. The fraction of sp³-hybridized carbons (Fsp3) is 0.391. The Morgan fingerprint density at radius 1 is 1.17 bits per heavy atom. The summed E-state index contributed by atoms with van der Waals surface area (Å²) in [6.45, 7) is 4.89. The van der Waals surface area contributed by atoms with Crippen LogP contribution in [0.25, 0.3) is 0 Å². The summed E-state index contributed by atoms with van der Waals surface area (Å²) in [5.74, 6) is 2.07. The minimum Gasteiger partial charge on any atom is -0.493 e. The van der Waals surface area contributed by atoms with E-state index in [4.69, 9.17) is 21.1 Å². The average Bonchev–Trinajstić information content (AvgIpc) is 2.74. The summed E-state index contributed by atoms with van der Waals surface area (Å²) < 4.78 is 11.2. The number of nitrogens with one attached hydrogen (secondary N) is 1. The second-order valence-corrected chi connectivity index (χ2v) is 8.36. The number of amides is 1. The Bertz CT molecular complexity index is 858.